The predicted octanol–water partition coefficient (Wildman–Crippen LogP) is 2.38. The van der Waals surface area contributed by atoms with E-state index in [4.69, 9.17) is 5.11 Å². The molecule has 0 aliphatic heterocycles. The first-order chi connectivity index (χ1) is 8.91. The van der Waals surface area contributed by atoms with E-state index in [0.717, 1.165) is 19.3 Å². The first kappa shape index (κ1) is 17.4. The zero-order chi connectivity index (χ0) is 15.6. The fraction of sp³-hybridized carbons (Fsp3) is 0.929. The molecule has 0 heterocycles. The molecule has 1 aliphatic rings. The van der Waals surface area contributed by atoms with Gasteiger partial charge in [0, 0.05) is 12.5 Å². The highest BCUT2D eigenvalue weighted by atomic mass is 32.2. The maximum Gasteiger partial charge on any atom is 0.303 e. The minimum absolute atomic E-state index is 0.0522. The van der Waals surface area contributed by atoms with E-state index in [0.29, 0.717) is 0 Å². The Morgan fingerprint density at radius 3 is 2.15 bits per heavy atom. The zero-order valence-corrected chi connectivity index (χ0v) is 13.7. The second-order valence-corrected chi connectivity index (χ2v) is 9.42. The number of rotatable bonds is 6. The van der Waals surface area contributed by atoms with E-state index in [1.807, 2.05) is 0 Å². The lowest BCUT2D eigenvalue weighted by atomic mass is 9.64. The molecule has 5 nitrogen and oxygen atoms in total. The SMILES string of the molecule is CC1(C)CC(NS(=O)(=O)CCCC(=O)O)CC(C)(C)C1. The van der Waals surface area contributed by atoms with Gasteiger partial charge >= 0.3 is 5.97 Å². The fourth-order valence-corrected chi connectivity index (χ4v) is 4.97. The second kappa shape index (κ2) is 6.02. The van der Waals surface area contributed by atoms with Crippen LogP contribution in [0.15, 0.2) is 0 Å². The van der Waals surface area contributed by atoms with Crippen molar-refractivity contribution in [3.63, 3.8) is 0 Å². The van der Waals surface area contributed by atoms with Gasteiger partial charge < -0.3 is 5.11 Å². The van der Waals surface area contributed by atoms with E-state index < -0.39 is 16.0 Å². The molecule has 0 unspecified atom stereocenters. The summed E-state index contributed by atoms with van der Waals surface area (Å²) in [5.41, 5.74) is 0.242. The molecule has 0 aromatic rings. The molecular formula is C14H27NO4S. The maximum absolute atomic E-state index is 12.0. The van der Waals surface area contributed by atoms with Crippen molar-refractivity contribution in [2.24, 2.45) is 10.8 Å². The molecule has 0 saturated heterocycles. The molecule has 2 N–H and O–H groups in total. The Kier molecular flexibility index (Phi) is 5.24. The highest BCUT2D eigenvalue weighted by Gasteiger charge is 2.39. The van der Waals surface area contributed by atoms with Crippen molar-refractivity contribution in [3.05, 3.63) is 0 Å². The standard InChI is InChI=1S/C14H27NO4S/c1-13(2)8-11(9-14(3,4)10-13)15-20(18,19)7-5-6-12(16)17/h11,15H,5-10H2,1-4H3,(H,16,17). The van der Waals surface area contributed by atoms with E-state index in [1.165, 1.54) is 0 Å². The van der Waals surface area contributed by atoms with Crippen LogP contribution in [0.3, 0.4) is 0 Å². The summed E-state index contributed by atoms with van der Waals surface area (Å²) in [5, 5.41) is 8.55. The third kappa shape index (κ3) is 6.22. The summed E-state index contributed by atoms with van der Waals surface area (Å²) in [6.45, 7) is 8.67. The minimum atomic E-state index is -3.39. The first-order valence-electron chi connectivity index (χ1n) is 7.13. The topological polar surface area (TPSA) is 83.5 Å². The van der Waals surface area contributed by atoms with Crippen molar-refractivity contribution < 1.29 is 18.3 Å². The number of hydrogen-bond donors (Lipinski definition) is 2. The van der Waals surface area contributed by atoms with Gasteiger partial charge in [0.15, 0.2) is 0 Å². The van der Waals surface area contributed by atoms with Crippen molar-refractivity contribution in [1.82, 2.24) is 4.72 Å². The number of aliphatic carboxylic acids is 1. The molecule has 6 heteroatoms. The highest BCUT2D eigenvalue weighted by Crippen LogP contribution is 2.45. The van der Waals surface area contributed by atoms with E-state index in [2.05, 4.69) is 32.4 Å². The summed E-state index contributed by atoms with van der Waals surface area (Å²) in [5.74, 6) is -1.07. The van der Waals surface area contributed by atoms with Crippen molar-refractivity contribution >= 4 is 16.0 Å². The Labute approximate surface area is 122 Å². The lowest BCUT2D eigenvalue weighted by Crippen LogP contribution is -2.46. The van der Waals surface area contributed by atoms with Crippen molar-refractivity contribution in [2.75, 3.05) is 5.75 Å². The van der Waals surface area contributed by atoms with Gasteiger partial charge in [0.25, 0.3) is 0 Å². The zero-order valence-electron chi connectivity index (χ0n) is 12.9. The van der Waals surface area contributed by atoms with Gasteiger partial charge in [-0.1, -0.05) is 27.7 Å². The molecule has 1 saturated carbocycles. The number of carboxylic acid groups (broad SMARTS) is 1. The lowest BCUT2D eigenvalue weighted by molar-refractivity contribution is -0.137. The van der Waals surface area contributed by atoms with Crippen LogP contribution in [-0.2, 0) is 14.8 Å². The summed E-state index contributed by atoms with van der Waals surface area (Å²) in [4.78, 5) is 10.4. The smallest absolute Gasteiger partial charge is 0.303 e. The van der Waals surface area contributed by atoms with Gasteiger partial charge in [0.2, 0.25) is 10.0 Å². The van der Waals surface area contributed by atoms with Gasteiger partial charge in [-0.2, -0.15) is 0 Å². The molecule has 0 aromatic carbocycles. The Bertz CT molecular complexity index is 438. The summed E-state index contributed by atoms with van der Waals surface area (Å²) in [6.07, 6.45) is 2.78. The third-order valence-electron chi connectivity index (χ3n) is 3.71. The van der Waals surface area contributed by atoms with Crippen molar-refractivity contribution in [3.8, 4) is 0 Å². The van der Waals surface area contributed by atoms with Crippen LogP contribution in [-0.4, -0.2) is 31.3 Å². The van der Waals surface area contributed by atoms with Gasteiger partial charge in [-0.05, 0) is 36.5 Å². The van der Waals surface area contributed by atoms with Crippen LogP contribution in [0.4, 0.5) is 0 Å². The predicted molar refractivity (Wildman–Crippen MR) is 79.0 cm³/mol. The number of sulfonamides is 1. The average molecular weight is 305 g/mol. The Balaban J connectivity index is 2.60. The molecular weight excluding hydrogens is 278 g/mol. The Morgan fingerprint density at radius 1 is 1.20 bits per heavy atom. The van der Waals surface area contributed by atoms with Crippen LogP contribution in [0, 0.1) is 10.8 Å². The second-order valence-electron chi connectivity index (χ2n) is 7.54. The van der Waals surface area contributed by atoms with E-state index in [-0.39, 0.29) is 35.5 Å². The molecule has 0 aromatic heterocycles. The summed E-state index contributed by atoms with van der Waals surface area (Å²) in [6, 6.07) is -0.0522. The Morgan fingerprint density at radius 2 is 1.70 bits per heavy atom. The average Bonchev–Trinajstić information content (AvgIpc) is 2.08. The van der Waals surface area contributed by atoms with E-state index >= 15 is 0 Å². The van der Waals surface area contributed by atoms with Crippen molar-refractivity contribution in [1.29, 1.82) is 0 Å². The monoisotopic (exact) mass is 305 g/mol. The molecule has 1 rings (SSSR count). The molecule has 0 amide bonds. The van der Waals surface area contributed by atoms with Gasteiger partial charge in [0.1, 0.15) is 0 Å². The molecule has 20 heavy (non-hydrogen) atoms. The molecule has 0 bridgehead atoms. The molecule has 0 radical (unpaired) electrons. The minimum Gasteiger partial charge on any atom is -0.481 e. The van der Waals surface area contributed by atoms with Crippen LogP contribution in [0.1, 0.15) is 59.8 Å². The number of carboxylic acids is 1. The van der Waals surface area contributed by atoms with Gasteiger partial charge in [-0.15, -0.1) is 0 Å². The normalized spacial score (nSPS) is 22.6. The van der Waals surface area contributed by atoms with Crippen LogP contribution in [0.25, 0.3) is 0 Å². The fourth-order valence-electron chi connectivity index (χ4n) is 3.66. The van der Waals surface area contributed by atoms with Crippen LogP contribution in [0.5, 0.6) is 0 Å². The van der Waals surface area contributed by atoms with E-state index in [9.17, 15) is 13.2 Å². The third-order valence-corrected chi connectivity index (χ3v) is 5.22. The van der Waals surface area contributed by atoms with Crippen LogP contribution < -0.4 is 4.72 Å². The van der Waals surface area contributed by atoms with E-state index in [1.54, 1.807) is 0 Å². The Hall–Kier alpha value is -0.620. The van der Waals surface area contributed by atoms with Gasteiger partial charge in [-0.25, -0.2) is 13.1 Å². The molecule has 1 fully saturated rings. The van der Waals surface area contributed by atoms with Gasteiger partial charge in [0.05, 0.1) is 5.75 Å². The summed E-state index contributed by atoms with van der Waals surface area (Å²) >= 11 is 0. The summed E-state index contributed by atoms with van der Waals surface area (Å²) < 4.78 is 26.8. The van der Waals surface area contributed by atoms with Crippen molar-refractivity contribution in [2.45, 2.75) is 65.8 Å². The van der Waals surface area contributed by atoms with Crippen LogP contribution >= 0.6 is 0 Å². The van der Waals surface area contributed by atoms with Gasteiger partial charge in [-0.3, -0.25) is 4.79 Å². The molecule has 1 aliphatic carbocycles. The number of hydrogen-bond acceptors (Lipinski definition) is 3. The first-order valence-corrected chi connectivity index (χ1v) is 8.78. The quantitative estimate of drug-likeness (QED) is 0.789. The summed E-state index contributed by atoms with van der Waals surface area (Å²) in [7, 11) is -3.39. The molecule has 0 atom stereocenters. The number of nitrogens with one attached hydrogen (secondary N) is 1. The molecule has 0 spiro atoms. The molecule has 118 valence electrons. The number of carbonyl (C=O) groups is 1. The van der Waals surface area contributed by atoms with Crippen LogP contribution in [0.2, 0.25) is 0 Å². The largest absolute Gasteiger partial charge is 0.481 e. The lowest BCUT2D eigenvalue weighted by Gasteiger charge is -2.45. The highest BCUT2D eigenvalue weighted by molar-refractivity contribution is 7.89. The maximum atomic E-state index is 12.0.